The van der Waals surface area contributed by atoms with Crippen molar-refractivity contribution in [2.75, 3.05) is 0 Å². The number of aromatic nitrogens is 3. The van der Waals surface area contributed by atoms with E-state index in [0.29, 0.717) is 12.1 Å². The Morgan fingerprint density at radius 2 is 1.74 bits per heavy atom. The largest absolute Gasteiger partial charge is 0.433 e. The first kappa shape index (κ1) is 17.5. The van der Waals surface area contributed by atoms with Gasteiger partial charge >= 0.3 is 6.18 Å². The Labute approximate surface area is 134 Å². The van der Waals surface area contributed by atoms with E-state index in [-0.39, 0.29) is 12.2 Å². The SMILES string of the molecule is CCCCCCCCn1nc(-c2ccccn2)cc1C(F)(F)F. The molecule has 23 heavy (non-hydrogen) atoms. The summed E-state index contributed by atoms with van der Waals surface area (Å²) in [5, 5.41) is 4.12. The molecule has 0 atom stereocenters. The molecule has 0 aromatic carbocycles. The Morgan fingerprint density at radius 1 is 1.00 bits per heavy atom. The first-order chi connectivity index (χ1) is 11.0. The van der Waals surface area contributed by atoms with E-state index in [4.69, 9.17) is 0 Å². The van der Waals surface area contributed by atoms with Gasteiger partial charge in [-0.15, -0.1) is 0 Å². The molecule has 0 bridgehead atoms. The average Bonchev–Trinajstić information content (AvgIpc) is 2.96. The van der Waals surface area contributed by atoms with Crippen LogP contribution in [-0.2, 0) is 12.7 Å². The molecular weight excluding hydrogens is 303 g/mol. The molecule has 2 heterocycles. The van der Waals surface area contributed by atoms with Crippen molar-refractivity contribution in [3.8, 4) is 11.4 Å². The molecule has 0 radical (unpaired) electrons. The number of hydrogen-bond donors (Lipinski definition) is 0. The maximum absolute atomic E-state index is 13.2. The molecule has 3 nitrogen and oxygen atoms in total. The van der Waals surface area contributed by atoms with Crippen LogP contribution in [0.4, 0.5) is 13.2 Å². The summed E-state index contributed by atoms with van der Waals surface area (Å²) in [5.74, 6) is 0. The molecule has 2 aromatic heterocycles. The van der Waals surface area contributed by atoms with E-state index in [9.17, 15) is 13.2 Å². The first-order valence-corrected chi connectivity index (χ1v) is 8.09. The highest BCUT2D eigenvalue weighted by atomic mass is 19.4. The van der Waals surface area contributed by atoms with Crippen LogP contribution in [0.2, 0.25) is 0 Å². The minimum Gasteiger partial charge on any atom is -0.260 e. The number of aryl methyl sites for hydroxylation is 1. The predicted molar refractivity (Wildman–Crippen MR) is 83.8 cm³/mol. The lowest BCUT2D eigenvalue weighted by Gasteiger charge is -2.09. The van der Waals surface area contributed by atoms with Crippen molar-refractivity contribution in [3.63, 3.8) is 0 Å². The Balaban J connectivity index is 2.07. The van der Waals surface area contributed by atoms with Gasteiger partial charge in [0.15, 0.2) is 0 Å². The third-order valence-corrected chi connectivity index (χ3v) is 3.72. The Morgan fingerprint density at radius 3 is 2.39 bits per heavy atom. The molecule has 2 rings (SSSR count). The van der Waals surface area contributed by atoms with Gasteiger partial charge in [-0.2, -0.15) is 18.3 Å². The molecule has 0 aliphatic carbocycles. The zero-order valence-corrected chi connectivity index (χ0v) is 13.3. The maximum atomic E-state index is 13.2. The molecule has 0 unspecified atom stereocenters. The molecule has 0 spiro atoms. The Hall–Kier alpha value is -1.85. The second-order valence-corrected chi connectivity index (χ2v) is 5.62. The lowest BCUT2D eigenvalue weighted by Crippen LogP contribution is -2.14. The highest BCUT2D eigenvalue weighted by Crippen LogP contribution is 2.32. The standard InChI is InChI=1S/C17H22F3N3/c1-2-3-4-5-6-9-12-23-16(17(18,19)20)13-15(22-23)14-10-7-8-11-21-14/h7-8,10-11,13H,2-6,9,12H2,1H3. The molecule has 126 valence electrons. The third-order valence-electron chi connectivity index (χ3n) is 3.72. The highest BCUT2D eigenvalue weighted by Gasteiger charge is 2.35. The van der Waals surface area contributed by atoms with Gasteiger partial charge in [-0.25, -0.2) is 0 Å². The first-order valence-electron chi connectivity index (χ1n) is 8.09. The van der Waals surface area contributed by atoms with Crippen LogP contribution < -0.4 is 0 Å². The summed E-state index contributed by atoms with van der Waals surface area (Å²) in [5.41, 5.74) is 0.0234. The summed E-state index contributed by atoms with van der Waals surface area (Å²) < 4.78 is 40.6. The quantitative estimate of drug-likeness (QED) is 0.615. The van der Waals surface area contributed by atoms with Crippen molar-refractivity contribution in [1.29, 1.82) is 0 Å². The van der Waals surface area contributed by atoms with Gasteiger partial charge in [0.05, 0.1) is 5.69 Å². The van der Waals surface area contributed by atoms with Crippen LogP contribution in [-0.4, -0.2) is 14.8 Å². The van der Waals surface area contributed by atoms with E-state index < -0.39 is 11.9 Å². The minimum atomic E-state index is -4.40. The van der Waals surface area contributed by atoms with E-state index in [2.05, 4.69) is 17.0 Å². The average molecular weight is 325 g/mol. The summed E-state index contributed by atoms with van der Waals surface area (Å²) in [4.78, 5) is 4.07. The summed E-state index contributed by atoms with van der Waals surface area (Å²) in [6, 6.07) is 6.21. The monoisotopic (exact) mass is 325 g/mol. The van der Waals surface area contributed by atoms with Crippen LogP contribution in [0.1, 0.15) is 51.1 Å². The number of unbranched alkanes of at least 4 members (excludes halogenated alkanes) is 5. The summed E-state index contributed by atoms with van der Waals surface area (Å²) in [7, 11) is 0. The van der Waals surface area contributed by atoms with Gasteiger partial charge in [0, 0.05) is 12.7 Å². The second kappa shape index (κ2) is 8.13. The predicted octanol–water partition coefficient (Wildman–Crippen LogP) is 5.32. The van der Waals surface area contributed by atoms with E-state index in [1.54, 1.807) is 24.4 Å². The highest BCUT2D eigenvalue weighted by molar-refractivity contribution is 5.54. The molecule has 0 aliphatic heterocycles. The van der Waals surface area contributed by atoms with Gasteiger partial charge in [0.2, 0.25) is 0 Å². The Bertz CT molecular complexity index is 591. The van der Waals surface area contributed by atoms with Gasteiger partial charge < -0.3 is 0 Å². The van der Waals surface area contributed by atoms with Gasteiger partial charge in [-0.05, 0) is 24.6 Å². The van der Waals surface area contributed by atoms with Crippen molar-refractivity contribution in [2.45, 2.75) is 58.2 Å². The van der Waals surface area contributed by atoms with Crippen LogP contribution in [0.15, 0.2) is 30.5 Å². The summed E-state index contributed by atoms with van der Waals surface area (Å²) in [6.07, 6.45) is 3.32. The zero-order valence-electron chi connectivity index (χ0n) is 13.3. The van der Waals surface area contributed by atoms with Crippen molar-refractivity contribution >= 4 is 0 Å². The van der Waals surface area contributed by atoms with E-state index in [1.807, 2.05) is 0 Å². The number of hydrogen-bond acceptors (Lipinski definition) is 2. The third kappa shape index (κ3) is 5.08. The normalized spacial score (nSPS) is 11.8. The van der Waals surface area contributed by atoms with E-state index in [1.165, 1.54) is 6.42 Å². The fourth-order valence-corrected chi connectivity index (χ4v) is 2.50. The fourth-order valence-electron chi connectivity index (χ4n) is 2.50. The van der Waals surface area contributed by atoms with Crippen LogP contribution in [0, 0.1) is 0 Å². The van der Waals surface area contributed by atoms with Crippen LogP contribution >= 0.6 is 0 Å². The maximum Gasteiger partial charge on any atom is 0.433 e. The Kier molecular flexibility index (Phi) is 6.19. The molecule has 0 saturated heterocycles. The number of halogens is 3. The smallest absolute Gasteiger partial charge is 0.260 e. The fraction of sp³-hybridized carbons (Fsp3) is 0.529. The molecule has 0 amide bonds. The molecule has 2 aromatic rings. The number of rotatable bonds is 8. The topological polar surface area (TPSA) is 30.7 Å². The second-order valence-electron chi connectivity index (χ2n) is 5.62. The van der Waals surface area contributed by atoms with E-state index >= 15 is 0 Å². The van der Waals surface area contributed by atoms with Gasteiger partial charge in [0.1, 0.15) is 11.4 Å². The summed E-state index contributed by atoms with van der Waals surface area (Å²) >= 11 is 0. The number of alkyl halides is 3. The molecule has 0 fully saturated rings. The van der Waals surface area contributed by atoms with Crippen LogP contribution in [0.25, 0.3) is 11.4 Å². The van der Waals surface area contributed by atoms with Crippen molar-refractivity contribution in [3.05, 3.63) is 36.2 Å². The molecule has 6 heteroatoms. The van der Waals surface area contributed by atoms with Crippen molar-refractivity contribution in [1.82, 2.24) is 14.8 Å². The molecule has 0 saturated carbocycles. The van der Waals surface area contributed by atoms with Gasteiger partial charge in [0.25, 0.3) is 0 Å². The van der Waals surface area contributed by atoms with Crippen molar-refractivity contribution < 1.29 is 13.2 Å². The number of pyridine rings is 1. The van der Waals surface area contributed by atoms with Crippen LogP contribution in [0.3, 0.4) is 0 Å². The molecular formula is C17H22F3N3. The van der Waals surface area contributed by atoms with E-state index in [0.717, 1.165) is 36.4 Å². The zero-order chi connectivity index (χ0) is 16.7. The van der Waals surface area contributed by atoms with Gasteiger partial charge in [-0.1, -0.05) is 45.1 Å². The minimum absolute atomic E-state index is 0.268. The van der Waals surface area contributed by atoms with Crippen LogP contribution in [0.5, 0.6) is 0 Å². The van der Waals surface area contributed by atoms with Gasteiger partial charge in [-0.3, -0.25) is 9.67 Å². The molecule has 0 aliphatic rings. The van der Waals surface area contributed by atoms with Crippen molar-refractivity contribution in [2.24, 2.45) is 0 Å². The lowest BCUT2D eigenvalue weighted by molar-refractivity contribution is -0.144. The lowest BCUT2D eigenvalue weighted by atomic mass is 10.1. The molecule has 0 N–H and O–H groups in total. The number of nitrogens with zero attached hydrogens (tertiary/aromatic N) is 3. The summed E-state index contributed by atoms with van der Waals surface area (Å²) in [6.45, 7) is 2.42.